The van der Waals surface area contributed by atoms with Crippen molar-refractivity contribution >= 4 is 0 Å². The first-order valence-corrected chi connectivity index (χ1v) is 8.57. The minimum atomic E-state index is 0.410. The van der Waals surface area contributed by atoms with Gasteiger partial charge in [-0.3, -0.25) is 0 Å². The van der Waals surface area contributed by atoms with Gasteiger partial charge in [-0.25, -0.2) is 0 Å². The second-order valence-electron chi connectivity index (χ2n) is 8.18. The number of hydrogen-bond acceptors (Lipinski definition) is 0. The molecule has 3 rings (SSSR count). The van der Waals surface area contributed by atoms with Crippen molar-refractivity contribution in [3.8, 4) is 0 Å². The van der Waals surface area contributed by atoms with Crippen LogP contribution in [0.25, 0.3) is 0 Å². The van der Waals surface area contributed by atoms with Crippen molar-refractivity contribution in [2.24, 2.45) is 11.3 Å². The van der Waals surface area contributed by atoms with Gasteiger partial charge in [-0.15, -0.1) is 0 Å². The topological polar surface area (TPSA) is 0 Å². The first kappa shape index (κ1) is 15.3. The smallest absolute Gasteiger partial charge is 0.00974 e. The molecule has 0 aliphatic heterocycles. The van der Waals surface area contributed by atoms with E-state index in [2.05, 4.69) is 76.2 Å². The molecule has 22 heavy (non-hydrogen) atoms. The van der Waals surface area contributed by atoms with Crippen LogP contribution in [-0.4, -0.2) is 0 Å². The van der Waals surface area contributed by atoms with Crippen LogP contribution < -0.4 is 0 Å². The minimum absolute atomic E-state index is 0.410. The van der Waals surface area contributed by atoms with Crippen LogP contribution in [0.5, 0.6) is 0 Å². The molecule has 2 unspecified atom stereocenters. The van der Waals surface area contributed by atoms with Crippen LogP contribution in [0.3, 0.4) is 0 Å². The lowest BCUT2D eigenvalue weighted by molar-refractivity contribution is 0.266. The van der Waals surface area contributed by atoms with Crippen molar-refractivity contribution in [3.63, 3.8) is 0 Å². The molecule has 0 radical (unpaired) electrons. The molecular formula is C22H28. The van der Waals surface area contributed by atoms with Gasteiger partial charge in [0.05, 0.1) is 0 Å². The first-order chi connectivity index (χ1) is 10.4. The first-order valence-electron chi connectivity index (χ1n) is 8.57. The van der Waals surface area contributed by atoms with Gasteiger partial charge < -0.3 is 0 Å². The lowest BCUT2D eigenvalue weighted by atomic mass is 9.69. The van der Waals surface area contributed by atoms with E-state index in [9.17, 15) is 0 Å². The normalized spacial score (nSPS) is 21.5. The Kier molecular flexibility index (Phi) is 4.12. The van der Waals surface area contributed by atoms with Crippen LogP contribution in [0.15, 0.2) is 48.5 Å². The summed E-state index contributed by atoms with van der Waals surface area (Å²) in [4.78, 5) is 0. The standard InChI is InChI=1S/C22H28/c1-16-9-5-7-11-19(16)21-14-17(15-22(2,3)4)13-18-10-6-8-12-20(18)21/h5-12,17,21H,13-15H2,1-4H3. The van der Waals surface area contributed by atoms with E-state index in [0.717, 1.165) is 5.92 Å². The Balaban J connectivity index is 1.99. The fraction of sp³-hybridized carbons (Fsp3) is 0.455. The highest BCUT2D eigenvalue weighted by atomic mass is 14.3. The van der Waals surface area contributed by atoms with Crippen LogP contribution in [0.2, 0.25) is 0 Å². The van der Waals surface area contributed by atoms with Crippen molar-refractivity contribution in [3.05, 3.63) is 70.8 Å². The highest BCUT2D eigenvalue weighted by Gasteiger charge is 2.30. The third kappa shape index (κ3) is 3.27. The van der Waals surface area contributed by atoms with Crippen LogP contribution in [0, 0.1) is 18.3 Å². The zero-order chi connectivity index (χ0) is 15.7. The van der Waals surface area contributed by atoms with Crippen molar-refractivity contribution < 1.29 is 0 Å². The number of aryl methyl sites for hydroxylation is 1. The summed E-state index contributed by atoms with van der Waals surface area (Å²) in [5.74, 6) is 1.36. The maximum absolute atomic E-state index is 2.37. The van der Waals surface area contributed by atoms with Crippen molar-refractivity contribution in [1.29, 1.82) is 0 Å². The number of rotatable bonds is 2. The molecule has 0 spiro atoms. The van der Waals surface area contributed by atoms with E-state index in [4.69, 9.17) is 0 Å². The zero-order valence-corrected chi connectivity index (χ0v) is 14.4. The maximum atomic E-state index is 2.37. The molecule has 1 aliphatic carbocycles. The SMILES string of the molecule is Cc1ccccc1C1CC(CC(C)(C)C)Cc2ccccc21. The molecule has 0 N–H and O–H groups in total. The van der Waals surface area contributed by atoms with Crippen LogP contribution in [0.4, 0.5) is 0 Å². The fourth-order valence-electron chi connectivity index (χ4n) is 4.21. The van der Waals surface area contributed by atoms with Gasteiger partial charge >= 0.3 is 0 Å². The molecule has 2 aromatic carbocycles. The lowest BCUT2D eigenvalue weighted by Crippen LogP contribution is -2.24. The summed E-state index contributed by atoms with van der Waals surface area (Å²) in [6.45, 7) is 9.37. The molecule has 0 fully saturated rings. The molecule has 0 saturated carbocycles. The molecule has 0 bridgehead atoms. The molecule has 0 amide bonds. The van der Waals surface area contributed by atoms with E-state index in [0.29, 0.717) is 11.3 Å². The molecular weight excluding hydrogens is 264 g/mol. The average molecular weight is 292 g/mol. The summed E-state index contributed by atoms with van der Waals surface area (Å²) in [5, 5.41) is 0. The van der Waals surface area contributed by atoms with Gasteiger partial charge in [0, 0.05) is 5.92 Å². The molecule has 0 aromatic heterocycles. The van der Waals surface area contributed by atoms with Gasteiger partial charge in [0.15, 0.2) is 0 Å². The monoisotopic (exact) mass is 292 g/mol. The van der Waals surface area contributed by atoms with Crippen molar-refractivity contribution in [1.82, 2.24) is 0 Å². The Labute approximate surface area is 135 Å². The third-order valence-corrected chi connectivity index (χ3v) is 4.97. The van der Waals surface area contributed by atoms with Gasteiger partial charge in [-0.1, -0.05) is 69.3 Å². The highest BCUT2D eigenvalue weighted by molar-refractivity contribution is 5.43. The molecule has 2 aromatic rings. The molecule has 0 saturated heterocycles. The van der Waals surface area contributed by atoms with E-state index in [1.165, 1.54) is 30.4 Å². The summed E-state index contributed by atoms with van der Waals surface area (Å²) >= 11 is 0. The van der Waals surface area contributed by atoms with E-state index in [1.54, 1.807) is 11.1 Å². The minimum Gasteiger partial charge on any atom is -0.0620 e. The highest BCUT2D eigenvalue weighted by Crippen LogP contribution is 2.43. The van der Waals surface area contributed by atoms with E-state index in [1.807, 2.05) is 0 Å². The van der Waals surface area contributed by atoms with Crippen LogP contribution in [0.1, 0.15) is 61.8 Å². The summed E-state index contributed by atoms with van der Waals surface area (Å²) in [6.07, 6.45) is 3.85. The largest absolute Gasteiger partial charge is 0.0620 e. The predicted octanol–water partition coefficient (Wildman–Crippen LogP) is 6.13. The maximum Gasteiger partial charge on any atom is 0.00974 e. The lowest BCUT2D eigenvalue weighted by Gasteiger charge is -2.35. The number of benzene rings is 2. The summed E-state index contributed by atoms with van der Waals surface area (Å²) < 4.78 is 0. The second-order valence-corrected chi connectivity index (χ2v) is 8.18. The fourth-order valence-corrected chi connectivity index (χ4v) is 4.21. The summed E-state index contributed by atoms with van der Waals surface area (Å²) in [7, 11) is 0. The molecule has 1 aliphatic rings. The number of hydrogen-bond donors (Lipinski definition) is 0. The Morgan fingerprint density at radius 1 is 0.909 bits per heavy atom. The summed E-state index contributed by atoms with van der Waals surface area (Å²) in [6, 6.07) is 18.0. The van der Waals surface area contributed by atoms with Gasteiger partial charge in [0.1, 0.15) is 0 Å². The van der Waals surface area contributed by atoms with Crippen molar-refractivity contribution in [2.45, 2.75) is 52.9 Å². The third-order valence-electron chi connectivity index (χ3n) is 4.97. The number of fused-ring (bicyclic) bond motifs is 1. The molecule has 0 heteroatoms. The van der Waals surface area contributed by atoms with Crippen LogP contribution >= 0.6 is 0 Å². The second kappa shape index (κ2) is 5.91. The quantitative estimate of drug-likeness (QED) is 0.625. The van der Waals surface area contributed by atoms with Gasteiger partial charge in [-0.2, -0.15) is 0 Å². The van der Waals surface area contributed by atoms with E-state index < -0.39 is 0 Å². The molecule has 0 heterocycles. The van der Waals surface area contributed by atoms with E-state index in [-0.39, 0.29) is 0 Å². The van der Waals surface area contributed by atoms with E-state index >= 15 is 0 Å². The van der Waals surface area contributed by atoms with Gasteiger partial charge in [-0.05, 0) is 59.8 Å². The molecule has 0 nitrogen and oxygen atoms in total. The van der Waals surface area contributed by atoms with Gasteiger partial charge in [0.2, 0.25) is 0 Å². The predicted molar refractivity (Wildman–Crippen MR) is 95.3 cm³/mol. The Morgan fingerprint density at radius 3 is 2.23 bits per heavy atom. The molecule has 116 valence electrons. The Bertz CT molecular complexity index is 645. The Morgan fingerprint density at radius 2 is 1.55 bits per heavy atom. The van der Waals surface area contributed by atoms with Crippen LogP contribution in [-0.2, 0) is 6.42 Å². The zero-order valence-electron chi connectivity index (χ0n) is 14.4. The summed E-state index contributed by atoms with van der Waals surface area (Å²) in [5.41, 5.74) is 6.48. The van der Waals surface area contributed by atoms with Gasteiger partial charge in [0.25, 0.3) is 0 Å². The average Bonchev–Trinajstić information content (AvgIpc) is 2.45. The molecule has 2 atom stereocenters. The van der Waals surface area contributed by atoms with Crippen molar-refractivity contribution in [2.75, 3.05) is 0 Å². The Hall–Kier alpha value is -1.56.